The highest BCUT2D eigenvalue weighted by atomic mass is 79.9. The summed E-state index contributed by atoms with van der Waals surface area (Å²) >= 11 is 10.2. The van der Waals surface area contributed by atoms with E-state index in [9.17, 15) is 0 Å². The molecule has 0 amide bonds. The Balaban J connectivity index is -0.000000578. The minimum absolute atomic E-state index is 0. The van der Waals surface area contributed by atoms with Gasteiger partial charge in [0.1, 0.15) is 0 Å². The van der Waals surface area contributed by atoms with Gasteiger partial charge in [-0.05, 0) is 25.7 Å². The number of rotatable bonds is 13. The topological polar surface area (TPSA) is 0 Å². The lowest BCUT2D eigenvalue weighted by Crippen LogP contribution is -3.00. The minimum Gasteiger partial charge on any atom is -1.00 e. The van der Waals surface area contributed by atoms with Crippen LogP contribution in [0.15, 0.2) is 11.6 Å². The summed E-state index contributed by atoms with van der Waals surface area (Å²) in [5, 5.41) is 0.492. The number of hydrogen-bond acceptors (Lipinski definition) is 0. The van der Waals surface area contributed by atoms with Crippen molar-refractivity contribution in [2.75, 3.05) is 32.1 Å². The number of allylic oxidation sites excluding steroid dienone is 1. The molecule has 0 saturated carbocycles. The van der Waals surface area contributed by atoms with Crippen LogP contribution in [0, 0.1) is 0 Å². The van der Waals surface area contributed by atoms with Crippen LogP contribution in [0.1, 0.15) is 79.1 Å². The van der Waals surface area contributed by atoms with Gasteiger partial charge < -0.3 is 21.5 Å². The molecular formula is C19H40BrCl2N. The fourth-order valence-corrected chi connectivity index (χ4v) is 2.64. The van der Waals surface area contributed by atoms with E-state index in [-0.39, 0.29) is 17.0 Å². The first-order chi connectivity index (χ1) is 10.5. The van der Waals surface area contributed by atoms with Crippen molar-refractivity contribution in [1.29, 1.82) is 0 Å². The molecule has 0 unspecified atom stereocenters. The molecule has 1 nitrogen and oxygen atoms in total. The van der Waals surface area contributed by atoms with E-state index >= 15 is 0 Å². The van der Waals surface area contributed by atoms with Crippen molar-refractivity contribution in [1.82, 2.24) is 0 Å². The third-order valence-electron chi connectivity index (χ3n) is 4.09. The van der Waals surface area contributed by atoms with Crippen LogP contribution in [-0.4, -0.2) is 36.5 Å². The first-order valence-electron chi connectivity index (χ1n) is 9.26. The van der Waals surface area contributed by atoms with Gasteiger partial charge in [-0.25, -0.2) is 0 Å². The van der Waals surface area contributed by atoms with Crippen molar-refractivity contribution in [3.05, 3.63) is 11.6 Å². The normalized spacial score (nSPS) is 10.5. The molecule has 0 radical (unpaired) electrons. The van der Waals surface area contributed by atoms with Crippen molar-refractivity contribution in [3.8, 4) is 0 Å². The van der Waals surface area contributed by atoms with Crippen molar-refractivity contribution >= 4 is 23.2 Å². The Labute approximate surface area is 167 Å². The average molecular weight is 433 g/mol. The molecular weight excluding hydrogens is 393 g/mol. The Morgan fingerprint density at radius 3 is 1.09 bits per heavy atom. The van der Waals surface area contributed by atoms with Crippen molar-refractivity contribution in [2.24, 2.45) is 0 Å². The van der Waals surface area contributed by atoms with Gasteiger partial charge in [-0.1, -0.05) is 71.6 Å². The third kappa shape index (κ3) is 18.9. The molecule has 0 fully saturated rings. The van der Waals surface area contributed by atoms with Crippen LogP contribution < -0.4 is 17.0 Å². The number of alkyl halides is 1. The molecule has 0 atom stereocenters. The van der Waals surface area contributed by atoms with E-state index in [1.54, 1.807) is 0 Å². The SMILES string of the molecule is C=C(Cl)CCl.CCCC[N+](CCCC)(CCCC)CCCC.[Br-]. The van der Waals surface area contributed by atoms with Gasteiger partial charge in [0.25, 0.3) is 0 Å². The molecule has 0 heterocycles. The summed E-state index contributed by atoms with van der Waals surface area (Å²) in [5.74, 6) is 0.349. The van der Waals surface area contributed by atoms with E-state index in [0.29, 0.717) is 10.9 Å². The smallest absolute Gasteiger partial charge is 0.0786 e. The molecule has 0 aliphatic carbocycles. The monoisotopic (exact) mass is 431 g/mol. The predicted molar refractivity (Wildman–Crippen MR) is 105 cm³/mol. The lowest BCUT2D eigenvalue weighted by Gasteiger charge is -2.39. The Bertz CT molecular complexity index is 210. The van der Waals surface area contributed by atoms with Gasteiger partial charge >= 0.3 is 0 Å². The van der Waals surface area contributed by atoms with Crippen LogP contribution in [0.25, 0.3) is 0 Å². The van der Waals surface area contributed by atoms with Gasteiger partial charge in [0, 0.05) is 5.03 Å². The molecule has 0 bridgehead atoms. The maximum Gasteiger partial charge on any atom is 0.0786 e. The minimum atomic E-state index is 0. The first kappa shape index (κ1) is 28.6. The second kappa shape index (κ2) is 20.8. The van der Waals surface area contributed by atoms with Crippen LogP contribution in [0.3, 0.4) is 0 Å². The average Bonchev–Trinajstić information content (AvgIpc) is 2.54. The van der Waals surface area contributed by atoms with Gasteiger partial charge in [-0.3, -0.25) is 0 Å². The Morgan fingerprint density at radius 2 is 0.957 bits per heavy atom. The summed E-state index contributed by atoms with van der Waals surface area (Å²) in [6.07, 6.45) is 11.1. The Morgan fingerprint density at radius 1 is 0.739 bits per heavy atom. The quantitative estimate of drug-likeness (QED) is 0.305. The maximum absolute atomic E-state index is 5.14. The number of hydrogen-bond donors (Lipinski definition) is 0. The molecule has 0 aromatic heterocycles. The molecule has 0 aromatic carbocycles. The van der Waals surface area contributed by atoms with E-state index in [4.69, 9.17) is 23.2 Å². The van der Waals surface area contributed by atoms with Crippen molar-refractivity contribution < 1.29 is 21.5 Å². The first-order valence-corrected chi connectivity index (χ1v) is 10.2. The number of nitrogens with zero attached hydrogens (tertiary/aromatic N) is 1. The molecule has 0 aliphatic heterocycles. The standard InChI is InChI=1S/C16H36N.C3H4Cl2.BrH/c1-5-9-13-17(14-10-6-2,15-11-7-3)16-12-8-4;1-3(5)2-4;/h5-16H2,1-4H3;1-2H2;1H/q+1;;/p-1. The summed E-state index contributed by atoms with van der Waals surface area (Å²) in [6.45, 7) is 18.3. The van der Waals surface area contributed by atoms with Gasteiger partial charge in [0.05, 0.1) is 32.1 Å². The van der Waals surface area contributed by atoms with Crippen LogP contribution in [0.4, 0.5) is 0 Å². The molecule has 0 aromatic rings. The third-order valence-corrected chi connectivity index (χ3v) is 4.68. The zero-order valence-corrected chi connectivity index (χ0v) is 19.1. The molecule has 4 heteroatoms. The maximum atomic E-state index is 5.14. The summed E-state index contributed by atoms with van der Waals surface area (Å²) in [7, 11) is 0. The highest BCUT2D eigenvalue weighted by molar-refractivity contribution is 6.35. The molecule has 0 rings (SSSR count). The van der Waals surface area contributed by atoms with Gasteiger partial charge in [0.15, 0.2) is 0 Å². The van der Waals surface area contributed by atoms with E-state index in [1.807, 2.05) is 0 Å². The zero-order valence-electron chi connectivity index (χ0n) is 16.0. The van der Waals surface area contributed by atoms with Crippen LogP contribution in [-0.2, 0) is 0 Å². The lowest BCUT2D eigenvalue weighted by molar-refractivity contribution is -0.929. The summed E-state index contributed by atoms with van der Waals surface area (Å²) < 4.78 is 1.42. The van der Waals surface area contributed by atoms with E-state index in [0.717, 1.165) is 0 Å². The fourth-order valence-electron chi connectivity index (χ4n) is 2.64. The Hall–Kier alpha value is 0.760. The number of quaternary nitrogens is 1. The number of unbranched alkanes of at least 4 members (excludes halogenated alkanes) is 4. The zero-order chi connectivity index (χ0) is 17.3. The Kier molecular flexibility index (Phi) is 25.8. The molecule has 0 saturated heterocycles. The second-order valence-electron chi connectivity index (χ2n) is 6.30. The van der Waals surface area contributed by atoms with E-state index in [2.05, 4.69) is 34.3 Å². The van der Waals surface area contributed by atoms with Crippen LogP contribution in [0.5, 0.6) is 0 Å². The largest absolute Gasteiger partial charge is 1.00 e. The lowest BCUT2D eigenvalue weighted by atomic mass is 10.1. The molecule has 0 N–H and O–H groups in total. The van der Waals surface area contributed by atoms with Crippen LogP contribution in [0.2, 0.25) is 0 Å². The molecule has 23 heavy (non-hydrogen) atoms. The second-order valence-corrected chi connectivity index (χ2v) is 7.10. The van der Waals surface area contributed by atoms with Crippen molar-refractivity contribution in [3.63, 3.8) is 0 Å². The number of halogens is 3. The van der Waals surface area contributed by atoms with Gasteiger partial charge in [-0.2, -0.15) is 0 Å². The van der Waals surface area contributed by atoms with Crippen LogP contribution >= 0.6 is 23.2 Å². The van der Waals surface area contributed by atoms with Gasteiger partial charge in [-0.15, -0.1) is 11.6 Å². The summed E-state index contributed by atoms with van der Waals surface area (Å²) in [5.41, 5.74) is 0. The summed E-state index contributed by atoms with van der Waals surface area (Å²) in [4.78, 5) is 0. The highest BCUT2D eigenvalue weighted by Gasteiger charge is 2.24. The predicted octanol–water partition coefficient (Wildman–Crippen LogP) is 3.99. The fraction of sp³-hybridized carbons (Fsp3) is 0.895. The molecule has 0 aliphatic rings. The van der Waals surface area contributed by atoms with Gasteiger partial charge in [0.2, 0.25) is 0 Å². The van der Waals surface area contributed by atoms with E-state index in [1.165, 1.54) is 82.0 Å². The molecule has 0 spiro atoms. The molecule has 142 valence electrons. The highest BCUT2D eigenvalue weighted by Crippen LogP contribution is 2.16. The summed E-state index contributed by atoms with van der Waals surface area (Å²) in [6, 6.07) is 0. The van der Waals surface area contributed by atoms with Crippen molar-refractivity contribution in [2.45, 2.75) is 79.1 Å². The van der Waals surface area contributed by atoms with E-state index < -0.39 is 0 Å².